The van der Waals surface area contributed by atoms with E-state index in [1.54, 1.807) is 0 Å². The molecule has 2 aromatic carbocycles. The van der Waals surface area contributed by atoms with Crippen molar-refractivity contribution >= 4 is 11.7 Å². The first-order chi connectivity index (χ1) is 12.5. The number of aliphatic imine (C=N–C) groups is 1. The summed E-state index contributed by atoms with van der Waals surface area (Å²) in [7, 11) is 0. The van der Waals surface area contributed by atoms with Gasteiger partial charge in [0.25, 0.3) is 0 Å². The molecule has 0 amide bonds. The van der Waals surface area contributed by atoms with Gasteiger partial charge in [0, 0.05) is 11.1 Å². The van der Waals surface area contributed by atoms with E-state index in [-0.39, 0.29) is 12.6 Å². The molecule has 0 N–H and O–H groups in total. The summed E-state index contributed by atoms with van der Waals surface area (Å²) in [5.41, 5.74) is 3.60. The van der Waals surface area contributed by atoms with Crippen LogP contribution in [0.15, 0.2) is 77.8 Å². The first-order valence-corrected chi connectivity index (χ1v) is 8.97. The average molecular weight is 349 g/mol. The Morgan fingerprint density at radius 2 is 1.50 bits per heavy atom. The minimum atomic E-state index is -0.537. The number of hydrogen-bond acceptors (Lipinski definition) is 3. The highest BCUT2D eigenvalue weighted by Gasteiger charge is 2.22. The second kappa shape index (κ2) is 9.71. The van der Waals surface area contributed by atoms with Crippen LogP contribution in [0.25, 0.3) is 0 Å². The standard InChI is InChI=1S/C23H27NO2/c1-17(2)15-21(23(25)26-16-18(3)4)24-22(19-11-7-5-8-12-19)20-13-9-6-10-14-20/h5-14,17,21H,3,15-16H2,1-2,4H3. The highest BCUT2D eigenvalue weighted by molar-refractivity contribution is 6.13. The lowest BCUT2D eigenvalue weighted by Gasteiger charge is -2.17. The summed E-state index contributed by atoms with van der Waals surface area (Å²) in [6, 6.07) is 19.4. The van der Waals surface area contributed by atoms with Crippen LogP contribution in [0, 0.1) is 5.92 Å². The maximum atomic E-state index is 12.6. The molecule has 1 unspecified atom stereocenters. The van der Waals surface area contributed by atoms with Crippen LogP contribution in [0.1, 0.15) is 38.3 Å². The van der Waals surface area contributed by atoms with Crippen LogP contribution < -0.4 is 0 Å². The number of carbonyl (C=O) groups excluding carboxylic acids is 1. The normalized spacial score (nSPS) is 11.7. The smallest absolute Gasteiger partial charge is 0.331 e. The van der Waals surface area contributed by atoms with Crippen LogP contribution in [-0.2, 0) is 9.53 Å². The van der Waals surface area contributed by atoms with Gasteiger partial charge in [-0.3, -0.25) is 4.99 Å². The molecule has 0 aliphatic carbocycles. The fraction of sp³-hybridized carbons (Fsp3) is 0.304. The molecule has 136 valence electrons. The number of hydrogen-bond donors (Lipinski definition) is 0. The third-order valence-electron chi connectivity index (χ3n) is 3.81. The van der Waals surface area contributed by atoms with Crippen molar-refractivity contribution in [3.63, 3.8) is 0 Å². The van der Waals surface area contributed by atoms with E-state index in [4.69, 9.17) is 9.73 Å². The van der Waals surface area contributed by atoms with E-state index in [1.165, 1.54) is 0 Å². The van der Waals surface area contributed by atoms with E-state index >= 15 is 0 Å². The first kappa shape index (κ1) is 19.6. The zero-order valence-corrected chi connectivity index (χ0v) is 15.8. The lowest BCUT2D eigenvalue weighted by molar-refractivity contribution is -0.144. The van der Waals surface area contributed by atoms with E-state index in [2.05, 4.69) is 20.4 Å². The number of nitrogens with zero attached hydrogens (tertiary/aromatic N) is 1. The van der Waals surface area contributed by atoms with Crippen molar-refractivity contribution in [2.45, 2.75) is 33.2 Å². The van der Waals surface area contributed by atoms with Crippen molar-refractivity contribution < 1.29 is 9.53 Å². The summed E-state index contributed by atoms with van der Waals surface area (Å²) in [5.74, 6) is 0.0278. The van der Waals surface area contributed by atoms with E-state index in [9.17, 15) is 4.79 Å². The molecule has 0 spiro atoms. The molecule has 0 aliphatic rings. The van der Waals surface area contributed by atoms with Gasteiger partial charge in [-0.2, -0.15) is 0 Å². The highest BCUT2D eigenvalue weighted by atomic mass is 16.5. The van der Waals surface area contributed by atoms with Crippen LogP contribution in [0.2, 0.25) is 0 Å². The van der Waals surface area contributed by atoms with Gasteiger partial charge in [-0.15, -0.1) is 0 Å². The van der Waals surface area contributed by atoms with E-state index in [1.807, 2.05) is 67.6 Å². The van der Waals surface area contributed by atoms with Crippen molar-refractivity contribution in [2.24, 2.45) is 10.9 Å². The van der Waals surface area contributed by atoms with E-state index < -0.39 is 6.04 Å². The summed E-state index contributed by atoms with van der Waals surface area (Å²) < 4.78 is 5.39. The van der Waals surface area contributed by atoms with Crippen molar-refractivity contribution in [3.05, 3.63) is 83.9 Å². The molecule has 0 radical (unpaired) electrons. The lowest BCUT2D eigenvalue weighted by atomic mass is 10.00. The third kappa shape index (κ3) is 5.99. The summed E-state index contributed by atoms with van der Waals surface area (Å²) in [5, 5.41) is 0. The maximum absolute atomic E-state index is 12.6. The van der Waals surface area contributed by atoms with Gasteiger partial charge in [0.2, 0.25) is 0 Å². The SMILES string of the molecule is C=C(C)COC(=O)C(CC(C)C)N=C(c1ccccc1)c1ccccc1. The fourth-order valence-electron chi connectivity index (χ4n) is 2.60. The third-order valence-corrected chi connectivity index (χ3v) is 3.81. The Bertz CT molecular complexity index is 707. The molecule has 0 saturated heterocycles. The second-order valence-corrected chi connectivity index (χ2v) is 6.92. The zero-order chi connectivity index (χ0) is 18.9. The molecule has 0 bridgehead atoms. The lowest BCUT2D eigenvalue weighted by Crippen LogP contribution is -2.26. The van der Waals surface area contributed by atoms with Crippen molar-refractivity contribution in [3.8, 4) is 0 Å². The summed E-state index contributed by atoms with van der Waals surface area (Å²) in [4.78, 5) is 17.5. The van der Waals surface area contributed by atoms with Gasteiger partial charge in [-0.1, -0.05) is 81.1 Å². The Kier molecular flexibility index (Phi) is 7.34. The van der Waals surface area contributed by atoms with E-state index in [0.29, 0.717) is 12.3 Å². The highest BCUT2D eigenvalue weighted by Crippen LogP contribution is 2.17. The molecule has 3 heteroatoms. The minimum Gasteiger partial charge on any atom is -0.460 e. The number of esters is 1. The fourth-order valence-corrected chi connectivity index (χ4v) is 2.60. The Morgan fingerprint density at radius 3 is 1.92 bits per heavy atom. The Morgan fingerprint density at radius 1 is 1.00 bits per heavy atom. The predicted molar refractivity (Wildman–Crippen MR) is 108 cm³/mol. The molecule has 0 heterocycles. The summed E-state index contributed by atoms with van der Waals surface area (Å²) in [6.45, 7) is 10.0. The Hall–Kier alpha value is -2.68. The van der Waals surface area contributed by atoms with Crippen molar-refractivity contribution in [2.75, 3.05) is 6.61 Å². The van der Waals surface area contributed by atoms with Gasteiger partial charge in [0.05, 0.1) is 5.71 Å². The average Bonchev–Trinajstić information content (AvgIpc) is 2.64. The number of rotatable bonds is 8. The van der Waals surface area contributed by atoms with Crippen molar-refractivity contribution in [1.82, 2.24) is 0 Å². The zero-order valence-electron chi connectivity index (χ0n) is 15.8. The topological polar surface area (TPSA) is 38.7 Å². The van der Waals surface area contributed by atoms with Crippen LogP contribution >= 0.6 is 0 Å². The molecule has 3 nitrogen and oxygen atoms in total. The van der Waals surface area contributed by atoms with Gasteiger partial charge in [0.15, 0.2) is 0 Å². The van der Waals surface area contributed by atoms with Gasteiger partial charge in [-0.25, -0.2) is 4.79 Å². The summed E-state index contributed by atoms with van der Waals surface area (Å²) >= 11 is 0. The predicted octanol–water partition coefficient (Wildman–Crippen LogP) is 5.06. The molecule has 1 atom stereocenters. The second-order valence-electron chi connectivity index (χ2n) is 6.92. The van der Waals surface area contributed by atoms with Gasteiger partial charge < -0.3 is 4.74 Å². The monoisotopic (exact) mass is 349 g/mol. The van der Waals surface area contributed by atoms with E-state index in [0.717, 1.165) is 22.4 Å². The van der Waals surface area contributed by atoms with Crippen LogP contribution in [0.3, 0.4) is 0 Å². The molecular formula is C23H27NO2. The summed E-state index contributed by atoms with van der Waals surface area (Å²) in [6.07, 6.45) is 0.637. The maximum Gasteiger partial charge on any atom is 0.331 e. The minimum absolute atomic E-state index is 0.231. The van der Waals surface area contributed by atoms with Gasteiger partial charge in [-0.05, 0) is 24.8 Å². The largest absolute Gasteiger partial charge is 0.460 e. The molecule has 0 aliphatic heterocycles. The molecular weight excluding hydrogens is 322 g/mol. The molecule has 26 heavy (non-hydrogen) atoms. The van der Waals surface area contributed by atoms with Crippen LogP contribution in [-0.4, -0.2) is 24.3 Å². The molecule has 2 aromatic rings. The molecule has 0 saturated carbocycles. The first-order valence-electron chi connectivity index (χ1n) is 8.97. The Labute approximate surface area is 156 Å². The quantitative estimate of drug-likeness (QED) is 0.380. The van der Waals surface area contributed by atoms with Crippen LogP contribution in [0.4, 0.5) is 0 Å². The molecule has 0 aromatic heterocycles. The van der Waals surface area contributed by atoms with Gasteiger partial charge in [0.1, 0.15) is 12.6 Å². The number of benzene rings is 2. The van der Waals surface area contributed by atoms with Crippen molar-refractivity contribution in [1.29, 1.82) is 0 Å². The van der Waals surface area contributed by atoms with Crippen LogP contribution in [0.5, 0.6) is 0 Å². The molecule has 2 rings (SSSR count). The van der Waals surface area contributed by atoms with Gasteiger partial charge >= 0.3 is 5.97 Å². The Balaban J connectivity index is 2.42. The number of carbonyl (C=O) groups is 1. The molecule has 0 fully saturated rings. The number of ether oxygens (including phenoxy) is 1.